The van der Waals surface area contributed by atoms with Gasteiger partial charge in [-0.2, -0.15) is 0 Å². The fourth-order valence-corrected chi connectivity index (χ4v) is 3.66. The lowest BCUT2D eigenvalue weighted by molar-refractivity contribution is -0.142. The van der Waals surface area contributed by atoms with Crippen molar-refractivity contribution in [1.82, 2.24) is 0 Å². The maximum atomic E-state index is 12.9. The molecule has 1 N–H and O–H groups in total. The second-order valence-electron chi connectivity index (χ2n) is 7.93. The summed E-state index contributed by atoms with van der Waals surface area (Å²) in [6.45, 7) is 8.61. The smallest absolute Gasteiger partial charge is 0.473 e. The van der Waals surface area contributed by atoms with Crippen LogP contribution < -0.4 is 9.47 Å². The van der Waals surface area contributed by atoms with E-state index in [2.05, 4.69) is 13.2 Å². The zero-order valence-corrected chi connectivity index (χ0v) is 21.6. The van der Waals surface area contributed by atoms with Crippen LogP contribution in [0.4, 0.5) is 0 Å². The molecule has 0 aliphatic carbocycles. The Morgan fingerprint density at radius 3 is 1.41 bits per heavy atom. The summed E-state index contributed by atoms with van der Waals surface area (Å²) in [6.07, 6.45) is -2.37. The zero-order chi connectivity index (χ0) is 27.3. The van der Waals surface area contributed by atoms with Gasteiger partial charge in [0.15, 0.2) is 0 Å². The van der Waals surface area contributed by atoms with E-state index >= 15 is 0 Å². The standard InChI is InChI=1S/C26H31O10P/c1-19(2)25(27)33-17-23(15-31-21-11-7-5-8-12-21)35-37(29,30)36-24(18-34-26(28)20(3)4)16-32-22-13-9-6-10-14-22/h5-14,23-24H,1,3,15-18H2,2,4H3,(H,29,30). The molecule has 2 aromatic rings. The first-order valence-electron chi connectivity index (χ1n) is 11.3. The van der Waals surface area contributed by atoms with E-state index in [0.717, 1.165) is 0 Å². The van der Waals surface area contributed by atoms with E-state index in [1.54, 1.807) is 60.7 Å². The molecule has 0 saturated heterocycles. The summed E-state index contributed by atoms with van der Waals surface area (Å²) < 4.78 is 44.8. The molecule has 37 heavy (non-hydrogen) atoms. The van der Waals surface area contributed by atoms with E-state index in [-0.39, 0.29) is 24.4 Å². The highest BCUT2D eigenvalue weighted by Gasteiger charge is 2.33. The maximum Gasteiger partial charge on any atom is 0.473 e. The third-order valence-electron chi connectivity index (χ3n) is 4.42. The van der Waals surface area contributed by atoms with E-state index in [9.17, 15) is 19.0 Å². The summed E-state index contributed by atoms with van der Waals surface area (Å²) in [4.78, 5) is 34.2. The van der Waals surface area contributed by atoms with Gasteiger partial charge in [0.05, 0.1) is 0 Å². The van der Waals surface area contributed by atoms with Crippen molar-refractivity contribution in [3.63, 3.8) is 0 Å². The number of para-hydroxylation sites is 2. The highest BCUT2D eigenvalue weighted by Crippen LogP contribution is 2.46. The molecule has 0 heterocycles. The van der Waals surface area contributed by atoms with Gasteiger partial charge in [0.2, 0.25) is 0 Å². The minimum atomic E-state index is -4.80. The van der Waals surface area contributed by atoms with Gasteiger partial charge in [0.1, 0.15) is 50.1 Å². The number of hydrogen-bond acceptors (Lipinski definition) is 9. The molecular weight excluding hydrogens is 503 g/mol. The average Bonchev–Trinajstić information content (AvgIpc) is 2.87. The predicted molar refractivity (Wildman–Crippen MR) is 135 cm³/mol. The SMILES string of the molecule is C=C(C)C(=O)OCC(COc1ccccc1)OP(=O)(O)OC(COC(=O)C(=C)C)COc1ccccc1. The summed E-state index contributed by atoms with van der Waals surface area (Å²) in [7, 11) is -4.80. The lowest BCUT2D eigenvalue weighted by Gasteiger charge is -2.24. The Balaban J connectivity index is 2.09. The van der Waals surface area contributed by atoms with Gasteiger partial charge in [-0.25, -0.2) is 14.2 Å². The molecule has 0 aromatic heterocycles. The molecular formula is C26H31O10P. The number of phosphoric acid groups is 1. The summed E-state index contributed by atoms with van der Waals surface area (Å²) >= 11 is 0. The van der Waals surface area contributed by atoms with Crippen molar-refractivity contribution >= 4 is 19.8 Å². The molecule has 0 spiro atoms. The van der Waals surface area contributed by atoms with Crippen molar-refractivity contribution in [3.05, 3.63) is 85.0 Å². The molecule has 0 fully saturated rings. The van der Waals surface area contributed by atoms with Gasteiger partial charge in [-0.05, 0) is 38.1 Å². The monoisotopic (exact) mass is 534 g/mol. The third-order valence-corrected chi connectivity index (χ3v) is 5.55. The molecule has 0 radical (unpaired) electrons. The van der Waals surface area contributed by atoms with Gasteiger partial charge in [0, 0.05) is 11.1 Å². The lowest BCUT2D eigenvalue weighted by atomic mass is 10.3. The summed E-state index contributed by atoms with van der Waals surface area (Å²) in [5.41, 5.74) is 0.284. The highest BCUT2D eigenvalue weighted by atomic mass is 31.2. The van der Waals surface area contributed by atoms with Crippen LogP contribution in [0, 0.1) is 0 Å². The number of carbonyl (C=O) groups excluding carboxylic acids is 2. The van der Waals surface area contributed by atoms with Crippen molar-refractivity contribution in [1.29, 1.82) is 0 Å². The van der Waals surface area contributed by atoms with Gasteiger partial charge >= 0.3 is 19.8 Å². The Labute approximate surface area is 216 Å². The van der Waals surface area contributed by atoms with Gasteiger partial charge < -0.3 is 23.8 Å². The van der Waals surface area contributed by atoms with Gasteiger partial charge in [-0.3, -0.25) is 9.05 Å². The van der Waals surface area contributed by atoms with Gasteiger partial charge in [0.25, 0.3) is 0 Å². The third kappa shape index (κ3) is 11.9. The van der Waals surface area contributed by atoms with Gasteiger partial charge in [-0.15, -0.1) is 0 Å². The van der Waals surface area contributed by atoms with E-state index in [4.69, 9.17) is 28.0 Å². The second kappa shape index (κ2) is 15.0. The molecule has 0 saturated carbocycles. The van der Waals surface area contributed by atoms with Crippen molar-refractivity contribution < 1.29 is 47.0 Å². The Bertz CT molecular complexity index is 1000. The molecule has 2 aromatic carbocycles. The summed E-state index contributed by atoms with van der Waals surface area (Å²) in [5.74, 6) is -0.473. The molecule has 11 heteroatoms. The molecule has 10 nitrogen and oxygen atoms in total. The minimum Gasteiger partial charge on any atom is -0.491 e. The Kier molecular flexibility index (Phi) is 12.1. The van der Waals surface area contributed by atoms with Crippen molar-refractivity contribution in [2.75, 3.05) is 26.4 Å². The molecule has 2 atom stereocenters. The fourth-order valence-electron chi connectivity index (χ4n) is 2.62. The first-order valence-corrected chi connectivity index (χ1v) is 12.8. The molecule has 2 rings (SSSR count). The highest BCUT2D eigenvalue weighted by molar-refractivity contribution is 7.47. The predicted octanol–water partition coefficient (Wildman–Crippen LogP) is 4.25. The van der Waals surface area contributed by atoms with Crippen LogP contribution in [0.25, 0.3) is 0 Å². The van der Waals surface area contributed by atoms with E-state index < -0.39 is 45.2 Å². The van der Waals surface area contributed by atoms with Crippen LogP contribution in [0.2, 0.25) is 0 Å². The van der Waals surface area contributed by atoms with Crippen molar-refractivity contribution in [2.24, 2.45) is 0 Å². The molecule has 0 bridgehead atoms. The number of benzene rings is 2. The van der Waals surface area contributed by atoms with Gasteiger partial charge in [-0.1, -0.05) is 49.6 Å². The molecule has 0 amide bonds. The maximum absolute atomic E-state index is 12.9. The van der Waals surface area contributed by atoms with E-state index in [1.165, 1.54) is 13.8 Å². The number of phosphoric ester groups is 1. The number of hydrogen-bond donors (Lipinski definition) is 1. The van der Waals surface area contributed by atoms with Crippen molar-refractivity contribution in [2.45, 2.75) is 26.1 Å². The molecule has 0 aliphatic rings. The normalized spacial score (nSPS) is 13.9. The zero-order valence-electron chi connectivity index (χ0n) is 20.7. The Morgan fingerprint density at radius 1 is 0.730 bits per heavy atom. The fraction of sp³-hybridized carbons (Fsp3) is 0.308. The largest absolute Gasteiger partial charge is 0.491 e. The number of esters is 2. The minimum absolute atomic E-state index is 0.142. The summed E-state index contributed by atoms with van der Waals surface area (Å²) in [5, 5.41) is 0. The Hall–Kier alpha value is -3.43. The molecule has 2 unspecified atom stereocenters. The quantitative estimate of drug-likeness (QED) is 0.190. The second-order valence-corrected chi connectivity index (χ2v) is 9.29. The van der Waals surface area contributed by atoms with Crippen LogP contribution in [-0.2, 0) is 32.7 Å². The number of ether oxygens (including phenoxy) is 4. The lowest BCUT2D eigenvalue weighted by Crippen LogP contribution is -2.31. The van der Waals surface area contributed by atoms with Crippen LogP contribution in [0.1, 0.15) is 13.8 Å². The van der Waals surface area contributed by atoms with Crippen LogP contribution in [0.15, 0.2) is 85.0 Å². The first kappa shape index (κ1) is 29.8. The van der Waals surface area contributed by atoms with Crippen LogP contribution in [0.5, 0.6) is 11.5 Å². The summed E-state index contributed by atoms with van der Waals surface area (Å²) in [6, 6.07) is 17.3. The van der Waals surface area contributed by atoms with Crippen molar-refractivity contribution in [3.8, 4) is 11.5 Å². The number of carbonyl (C=O) groups is 2. The van der Waals surface area contributed by atoms with Crippen LogP contribution in [-0.4, -0.2) is 55.5 Å². The topological polar surface area (TPSA) is 127 Å². The molecule has 0 aliphatic heterocycles. The van der Waals surface area contributed by atoms with E-state index in [1.807, 2.05) is 0 Å². The molecule has 200 valence electrons. The van der Waals surface area contributed by atoms with Crippen LogP contribution >= 0.6 is 7.82 Å². The number of rotatable bonds is 16. The van der Waals surface area contributed by atoms with E-state index in [0.29, 0.717) is 11.5 Å². The first-order chi connectivity index (χ1) is 17.6. The average molecular weight is 534 g/mol. The Morgan fingerprint density at radius 2 is 1.08 bits per heavy atom. The van der Waals surface area contributed by atoms with Crippen LogP contribution in [0.3, 0.4) is 0 Å².